The molecule has 0 aromatic heterocycles. The van der Waals surface area contributed by atoms with Gasteiger partial charge < -0.3 is 0 Å². The minimum absolute atomic E-state index is 0.868. The molecule has 0 nitrogen and oxygen atoms in total. The van der Waals surface area contributed by atoms with Gasteiger partial charge in [0.1, 0.15) is 0 Å². The van der Waals surface area contributed by atoms with Gasteiger partial charge in [-0.15, -0.1) is 0 Å². The summed E-state index contributed by atoms with van der Waals surface area (Å²) in [6, 6.07) is 0. The Morgan fingerprint density at radius 1 is 1.10 bits per heavy atom. The Kier molecular flexibility index (Phi) is 1.33. The number of rotatable bonds is 0. The Bertz CT molecular complexity index is 129. The largest absolute Gasteiger partial charge is 0.0625 e. The lowest BCUT2D eigenvalue weighted by atomic mass is 9.79. The minimum atomic E-state index is 0.868. The summed E-state index contributed by atoms with van der Waals surface area (Å²) in [5, 5.41) is 0. The van der Waals surface area contributed by atoms with Gasteiger partial charge in [-0.2, -0.15) is 0 Å². The topological polar surface area (TPSA) is 0 Å². The fourth-order valence-electron chi connectivity index (χ4n) is 2.58. The molecule has 0 aliphatic heterocycles. The summed E-state index contributed by atoms with van der Waals surface area (Å²) in [5.41, 5.74) is 0.868. The van der Waals surface area contributed by atoms with Crippen LogP contribution in [0.2, 0.25) is 0 Å². The van der Waals surface area contributed by atoms with Gasteiger partial charge in [0, 0.05) is 0 Å². The summed E-state index contributed by atoms with van der Waals surface area (Å²) in [6.45, 7) is 4.83. The van der Waals surface area contributed by atoms with Gasteiger partial charge >= 0.3 is 0 Å². The van der Waals surface area contributed by atoms with E-state index in [0.717, 1.165) is 17.3 Å². The highest BCUT2D eigenvalue weighted by atomic mass is 14.6. The normalized spacial score (nSPS) is 53.4. The molecule has 0 heteroatoms. The van der Waals surface area contributed by atoms with Crippen LogP contribution in [0.15, 0.2) is 0 Å². The van der Waals surface area contributed by atoms with E-state index in [-0.39, 0.29) is 0 Å². The van der Waals surface area contributed by atoms with Crippen molar-refractivity contribution in [1.29, 1.82) is 0 Å². The van der Waals surface area contributed by atoms with Crippen LogP contribution in [0, 0.1) is 17.3 Å². The molecule has 10 heavy (non-hydrogen) atoms. The van der Waals surface area contributed by atoms with Gasteiger partial charge in [-0.25, -0.2) is 0 Å². The predicted molar refractivity (Wildman–Crippen MR) is 43.8 cm³/mol. The highest BCUT2D eigenvalue weighted by Crippen LogP contribution is 2.61. The Hall–Kier alpha value is 0. The van der Waals surface area contributed by atoms with Crippen LogP contribution in [0.3, 0.4) is 0 Å². The Labute approximate surface area is 64.0 Å². The van der Waals surface area contributed by atoms with Crippen LogP contribution in [-0.4, -0.2) is 0 Å². The summed E-state index contributed by atoms with van der Waals surface area (Å²) < 4.78 is 0. The zero-order chi connectivity index (χ0) is 7.19. The molecule has 0 aromatic carbocycles. The van der Waals surface area contributed by atoms with Crippen LogP contribution in [0.1, 0.15) is 46.0 Å². The van der Waals surface area contributed by atoms with E-state index in [4.69, 9.17) is 0 Å². The molecule has 1 atom stereocenters. The van der Waals surface area contributed by atoms with Crippen molar-refractivity contribution in [3.63, 3.8) is 0 Å². The smallest absolute Gasteiger partial charge is 0.0269 e. The first-order valence-electron chi connectivity index (χ1n) is 4.73. The average Bonchev–Trinajstić information content (AvgIpc) is 2.53. The average molecular weight is 138 g/mol. The summed E-state index contributed by atoms with van der Waals surface area (Å²) in [7, 11) is 0. The van der Waals surface area contributed by atoms with Gasteiger partial charge in [0.05, 0.1) is 0 Å². The van der Waals surface area contributed by atoms with Crippen LogP contribution in [0.5, 0.6) is 0 Å². The molecule has 0 bridgehead atoms. The molecule has 1 spiro atoms. The van der Waals surface area contributed by atoms with Crippen molar-refractivity contribution in [2.24, 2.45) is 17.3 Å². The second-order valence-corrected chi connectivity index (χ2v) is 4.65. The minimum Gasteiger partial charge on any atom is -0.0625 e. The van der Waals surface area contributed by atoms with Crippen molar-refractivity contribution in [3.8, 4) is 0 Å². The molecule has 0 radical (unpaired) electrons. The molecule has 2 rings (SSSR count). The van der Waals surface area contributed by atoms with E-state index in [1.807, 2.05) is 0 Å². The summed E-state index contributed by atoms with van der Waals surface area (Å²) in [5.74, 6) is 2.10. The molecule has 2 fully saturated rings. The third kappa shape index (κ3) is 0.889. The first-order valence-corrected chi connectivity index (χ1v) is 4.73. The molecular weight excluding hydrogens is 120 g/mol. The van der Waals surface area contributed by atoms with Crippen LogP contribution < -0.4 is 0 Å². The lowest BCUT2D eigenvalue weighted by Gasteiger charge is -2.26. The van der Waals surface area contributed by atoms with E-state index >= 15 is 0 Å². The molecule has 0 heterocycles. The van der Waals surface area contributed by atoms with E-state index in [0.29, 0.717) is 0 Å². The molecule has 0 saturated heterocycles. The van der Waals surface area contributed by atoms with Gasteiger partial charge in [-0.3, -0.25) is 0 Å². The molecule has 0 unspecified atom stereocenters. The van der Waals surface area contributed by atoms with Crippen LogP contribution in [0.25, 0.3) is 0 Å². The van der Waals surface area contributed by atoms with E-state index in [9.17, 15) is 0 Å². The van der Waals surface area contributed by atoms with Crippen LogP contribution in [0.4, 0.5) is 0 Å². The molecule has 2 aliphatic carbocycles. The monoisotopic (exact) mass is 138 g/mol. The highest BCUT2D eigenvalue weighted by molar-refractivity contribution is 5.01. The van der Waals surface area contributed by atoms with Crippen LogP contribution >= 0.6 is 0 Å². The van der Waals surface area contributed by atoms with Gasteiger partial charge in [0.25, 0.3) is 0 Å². The van der Waals surface area contributed by atoms with Gasteiger partial charge in [-0.05, 0) is 36.5 Å². The second kappa shape index (κ2) is 1.99. The Morgan fingerprint density at radius 2 is 1.60 bits per heavy atom. The number of hydrogen-bond donors (Lipinski definition) is 0. The van der Waals surface area contributed by atoms with E-state index < -0.39 is 0 Å². The Balaban J connectivity index is 1.93. The molecule has 2 aliphatic rings. The van der Waals surface area contributed by atoms with Crippen molar-refractivity contribution in [1.82, 2.24) is 0 Å². The zero-order valence-electron chi connectivity index (χ0n) is 7.19. The zero-order valence-corrected chi connectivity index (χ0v) is 7.19. The highest BCUT2D eigenvalue weighted by Gasteiger charge is 2.51. The van der Waals surface area contributed by atoms with Crippen molar-refractivity contribution >= 4 is 0 Å². The fraction of sp³-hybridized carbons (Fsp3) is 1.00. The van der Waals surface area contributed by atoms with Gasteiger partial charge in [0.2, 0.25) is 0 Å². The maximum Gasteiger partial charge on any atom is -0.0269 e. The van der Waals surface area contributed by atoms with Crippen molar-refractivity contribution in [3.05, 3.63) is 0 Å². The molecular formula is C10H18. The molecule has 58 valence electrons. The second-order valence-electron chi connectivity index (χ2n) is 4.65. The third-order valence-electron chi connectivity index (χ3n) is 3.87. The molecule has 0 N–H and O–H groups in total. The summed E-state index contributed by atoms with van der Waals surface area (Å²) in [4.78, 5) is 0. The van der Waals surface area contributed by atoms with Crippen molar-refractivity contribution in [2.45, 2.75) is 46.0 Å². The quantitative estimate of drug-likeness (QED) is 0.482. The molecule has 0 aromatic rings. The van der Waals surface area contributed by atoms with Gasteiger partial charge in [-0.1, -0.05) is 26.7 Å². The SMILES string of the molecule is CC1CCC2(CC1)C[C@H]2C. The van der Waals surface area contributed by atoms with Crippen molar-refractivity contribution in [2.75, 3.05) is 0 Å². The first kappa shape index (κ1) is 6.69. The van der Waals surface area contributed by atoms with Crippen LogP contribution in [-0.2, 0) is 0 Å². The summed E-state index contributed by atoms with van der Waals surface area (Å²) >= 11 is 0. The van der Waals surface area contributed by atoms with Gasteiger partial charge in [0.15, 0.2) is 0 Å². The first-order chi connectivity index (χ1) is 4.73. The molecule has 0 amide bonds. The maximum atomic E-state index is 2.43. The number of hydrogen-bond acceptors (Lipinski definition) is 0. The molecule has 2 saturated carbocycles. The van der Waals surface area contributed by atoms with E-state index in [2.05, 4.69) is 13.8 Å². The van der Waals surface area contributed by atoms with E-state index in [1.165, 1.54) is 25.7 Å². The summed E-state index contributed by atoms with van der Waals surface area (Å²) in [6.07, 6.45) is 7.62. The standard InChI is InChI=1S/C10H18/c1-8-3-5-10(6-4-8)7-9(10)2/h8-9H,3-7H2,1-2H3/t8?,9-,10?/m1/s1. The van der Waals surface area contributed by atoms with Crippen molar-refractivity contribution < 1.29 is 0 Å². The lowest BCUT2D eigenvalue weighted by Crippen LogP contribution is -2.14. The Morgan fingerprint density at radius 3 is 2.00 bits per heavy atom. The fourth-order valence-corrected chi connectivity index (χ4v) is 2.58. The van der Waals surface area contributed by atoms with E-state index in [1.54, 1.807) is 6.42 Å². The lowest BCUT2D eigenvalue weighted by molar-refractivity contribution is 0.255. The maximum absolute atomic E-state index is 2.43. The third-order valence-corrected chi connectivity index (χ3v) is 3.87. The predicted octanol–water partition coefficient (Wildman–Crippen LogP) is 3.22.